The van der Waals surface area contributed by atoms with E-state index >= 15 is 0 Å². The van der Waals surface area contributed by atoms with Crippen molar-refractivity contribution in [3.8, 4) is 5.75 Å². The van der Waals surface area contributed by atoms with Gasteiger partial charge in [0.25, 0.3) is 5.91 Å². The van der Waals surface area contributed by atoms with Gasteiger partial charge in [0.15, 0.2) is 6.61 Å². The Morgan fingerprint density at radius 2 is 2.05 bits per heavy atom. The van der Waals surface area contributed by atoms with E-state index in [0.29, 0.717) is 11.4 Å². The molecule has 2 aromatic rings. The first kappa shape index (κ1) is 15.5. The van der Waals surface area contributed by atoms with Crippen molar-refractivity contribution in [3.63, 3.8) is 0 Å². The lowest BCUT2D eigenvalue weighted by Crippen LogP contribution is -2.21. The van der Waals surface area contributed by atoms with E-state index in [1.807, 2.05) is 13.0 Å². The molecule has 0 atom stereocenters. The predicted octanol–water partition coefficient (Wildman–Crippen LogP) is 2.19. The van der Waals surface area contributed by atoms with Crippen LogP contribution < -0.4 is 10.1 Å². The molecule has 1 N–H and O–H groups in total. The average Bonchev–Trinajstić information content (AvgIpc) is 2.53. The van der Waals surface area contributed by atoms with Gasteiger partial charge in [-0.2, -0.15) is 0 Å². The number of nitrogens with zero attached hydrogens (tertiary/aromatic N) is 1. The standard InChI is InChI=1S/C16H16N2O4/c1-11-6-7-14(21-2)13(9-11)18-15(19)10-22-16(20)12-5-3-4-8-17-12/h3-9H,10H2,1-2H3,(H,18,19). The number of hydrogen-bond donors (Lipinski definition) is 1. The number of methoxy groups -OCH3 is 1. The van der Waals surface area contributed by atoms with Crippen LogP contribution in [-0.2, 0) is 9.53 Å². The van der Waals surface area contributed by atoms with Crippen molar-refractivity contribution in [2.75, 3.05) is 19.0 Å². The van der Waals surface area contributed by atoms with Crippen LogP contribution in [0.1, 0.15) is 16.1 Å². The average molecular weight is 300 g/mol. The molecule has 22 heavy (non-hydrogen) atoms. The molecule has 0 spiro atoms. The molecule has 0 radical (unpaired) electrons. The summed E-state index contributed by atoms with van der Waals surface area (Å²) in [5, 5.41) is 2.65. The molecule has 1 amide bonds. The van der Waals surface area contributed by atoms with Gasteiger partial charge in [-0.15, -0.1) is 0 Å². The van der Waals surface area contributed by atoms with Crippen LogP contribution in [0.2, 0.25) is 0 Å². The maximum atomic E-state index is 11.9. The molecule has 0 bridgehead atoms. The van der Waals surface area contributed by atoms with Crippen LogP contribution in [0.4, 0.5) is 5.69 Å². The summed E-state index contributed by atoms with van der Waals surface area (Å²) >= 11 is 0. The molecule has 0 saturated heterocycles. The molecule has 2 rings (SSSR count). The zero-order valence-electron chi connectivity index (χ0n) is 12.3. The lowest BCUT2D eigenvalue weighted by molar-refractivity contribution is -0.119. The zero-order chi connectivity index (χ0) is 15.9. The molecule has 6 nitrogen and oxygen atoms in total. The van der Waals surface area contributed by atoms with Crippen LogP contribution in [0.15, 0.2) is 42.6 Å². The minimum atomic E-state index is -0.646. The fraction of sp³-hybridized carbons (Fsp3) is 0.188. The number of ether oxygens (including phenoxy) is 2. The van der Waals surface area contributed by atoms with Crippen LogP contribution in [-0.4, -0.2) is 30.6 Å². The second-order valence-electron chi connectivity index (χ2n) is 4.54. The number of aromatic nitrogens is 1. The van der Waals surface area contributed by atoms with Gasteiger partial charge >= 0.3 is 5.97 Å². The van der Waals surface area contributed by atoms with Gasteiger partial charge in [0.1, 0.15) is 11.4 Å². The minimum absolute atomic E-state index is 0.156. The molecule has 6 heteroatoms. The molecule has 1 aromatic heterocycles. The van der Waals surface area contributed by atoms with Gasteiger partial charge in [0.2, 0.25) is 0 Å². The lowest BCUT2D eigenvalue weighted by Gasteiger charge is -2.11. The molecule has 1 aromatic carbocycles. The summed E-state index contributed by atoms with van der Waals surface area (Å²) in [6.07, 6.45) is 1.48. The third-order valence-corrected chi connectivity index (χ3v) is 2.84. The minimum Gasteiger partial charge on any atom is -0.495 e. The summed E-state index contributed by atoms with van der Waals surface area (Å²) in [6, 6.07) is 10.3. The fourth-order valence-corrected chi connectivity index (χ4v) is 1.79. The Bertz CT molecular complexity index is 671. The highest BCUT2D eigenvalue weighted by Gasteiger charge is 2.12. The number of hydrogen-bond acceptors (Lipinski definition) is 5. The van der Waals surface area contributed by atoms with Crippen molar-refractivity contribution in [1.82, 2.24) is 4.98 Å². The number of carbonyl (C=O) groups is 2. The van der Waals surface area contributed by atoms with Crippen molar-refractivity contribution in [2.45, 2.75) is 6.92 Å². The van der Waals surface area contributed by atoms with E-state index in [1.54, 1.807) is 24.3 Å². The van der Waals surface area contributed by atoms with E-state index < -0.39 is 18.5 Å². The van der Waals surface area contributed by atoms with Gasteiger partial charge < -0.3 is 14.8 Å². The van der Waals surface area contributed by atoms with Crippen molar-refractivity contribution < 1.29 is 19.1 Å². The molecule has 0 fully saturated rings. The zero-order valence-corrected chi connectivity index (χ0v) is 12.3. The van der Waals surface area contributed by atoms with Crippen LogP contribution in [0.3, 0.4) is 0 Å². The van der Waals surface area contributed by atoms with Crippen molar-refractivity contribution in [1.29, 1.82) is 0 Å². The first-order valence-electron chi connectivity index (χ1n) is 6.63. The van der Waals surface area contributed by atoms with Crippen molar-refractivity contribution in [2.24, 2.45) is 0 Å². The summed E-state index contributed by atoms with van der Waals surface area (Å²) in [5.74, 6) is -0.560. The van der Waals surface area contributed by atoms with E-state index in [-0.39, 0.29) is 5.69 Å². The largest absolute Gasteiger partial charge is 0.495 e. The molecule has 0 saturated carbocycles. The Morgan fingerprint density at radius 1 is 1.23 bits per heavy atom. The number of rotatable bonds is 5. The number of benzene rings is 1. The SMILES string of the molecule is COc1ccc(C)cc1NC(=O)COC(=O)c1ccccn1. The monoisotopic (exact) mass is 300 g/mol. The number of nitrogens with one attached hydrogen (secondary N) is 1. The second kappa shape index (κ2) is 7.21. The van der Waals surface area contributed by atoms with Crippen molar-refractivity contribution in [3.05, 3.63) is 53.9 Å². The number of esters is 1. The number of carbonyl (C=O) groups excluding carboxylic acids is 2. The van der Waals surface area contributed by atoms with Crippen LogP contribution in [0, 0.1) is 6.92 Å². The molecular weight excluding hydrogens is 284 g/mol. The second-order valence-corrected chi connectivity index (χ2v) is 4.54. The van der Waals surface area contributed by atoms with E-state index in [0.717, 1.165) is 5.56 Å². The highest BCUT2D eigenvalue weighted by Crippen LogP contribution is 2.24. The van der Waals surface area contributed by atoms with Gasteiger partial charge in [-0.05, 0) is 36.8 Å². The van der Waals surface area contributed by atoms with E-state index in [4.69, 9.17) is 9.47 Å². The van der Waals surface area contributed by atoms with Crippen LogP contribution in [0.25, 0.3) is 0 Å². The number of anilines is 1. The number of pyridine rings is 1. The van der Waals surface area contributed by atoms with E-state index in [9.17, 15) is 9.59 Å². The highest BCUT2D eigenvalue weighted by atomic mass is 16.5. The quantitative estimate of drug-likeness (QED) is 0.856. The molecular formula is C16H16N2O4. The Morgan fingerprint density at radius 3 is 2.73 bits per heavy atom. The summed E-state index contributed by atoms with van der Waals surface area (Å²) in [5.41, 5.74) is 1.66. The smallest absolute Gasteiger partial charge is 0.357 e. The van der Waals surface area contributed by atoms with Gasteiger partial charge in [0.05, 0.1) is 12.8 Å². The third kappa shape index (κ3) is 4.05. The van der Waals surface area contributed by atoms with Gasteiger partial charge in [0, 0.05) is 6.20 Å². The normalized spacial score (nSPS) is 9.91. The Labute approximate surface area is 128 Å². The van der Waals surface area contributed by atoms with Gasteiger partial charge in [-0.25, -0.2) is 9.78 Å². The molecule has 0 aliphatic carbocycles. The molecule has 0 aliphatic rings. The lowest BCUT2D eigenvalue weighted by atomic mass is 10.2. The molecule has 114 valence electrons. The predicted molar refractivity (Wildman–Crippen MR) is 80.9 cm³/mol. The van der Waals surface area contributed by atoms with E-state index in [2.05, 4.69) is 10.3 Å². The van der Waals surface area contributed by atoms with E-state index in [1.165, 1.54) is 19.4 Å². The first-order chi connectivity index (χ1) is 10.6. The maximum absolute atomic E-state index is 11.9. The van der Waals surface area contributed by atoms with Gasteiger partial charge in [-0.1, -0.05) is 12.1 Å². The topological polar surface area (TPSA) is 77.5 Å². The molecule has 1 heterocycles. The Kier molecular flexibility index (Phi) is 5.08. The number of aryl methyl sites for hydroxylation is 1. The van der Waals surface area contributed by atoms with Crippen LogP contribution in [0.5, 0.6) is 5.75 Å². The maximum Gasteiger partial charge on any atom is 0.357 e. The van der Waals surface area contributed by atoms with Crippen molar-refractivity contribution >= 4 is 17.6 Å². The Balaban J connectivity index is 1.94. The Hall–Kier alpha value is -2.89. The molecule has 0 unspecified atom stereocenters. The van der Waals surface area contributed by atoms with Crippen LogP contribution >= 0.6 is 0 Å². The summed E-state index contributed by atoms with van der Waals surface area (Å²) in [4.78, 5) is 27.4. The van der Waals surface area contributed by atoms with Gasteiger partial charge in [-0.3, -0.25) is 4.79 Å². The summed E-state index contributed by atoms with van der Waals surface area (Å²) in [7, 11) is 1.52. The first-order valence-corrected chi connectivity index (χ1v) is 6.63. The third-order valence-electron chi connectivity index (χ3n) is 2.84. The highest BCUT2D eigenvalue weighted by molar-refractivity contribution is 5.95. The fourth-order valence-electron chi connectivity index (χ4n) is 1.79. The molecule has 0 aliphatic heterocycles. The summed E-state index contributed by atoms with van der Waals surface area (Å²) < 4.78 is 10.1. The summed E-state index contributed by atoms with van der Waals surface area (Å²) in [6.45, 7) is 1.50. The number of amides is 1.